The van der Waals surface area contributed by atoms with Gasteiger partial charge in [0.2, 0.25) is 0 Å². The Morgan fingerprint density at radius 2 is 1.32 bits per heavy atom. The molecular formula is C10H4Cl8O. The molecule has 0 spiro atoms. The molecule has 0 radical (unpaired) electrons. The van der Waals surface area contributed by atoms with Crippen LogP contribution < -0.4 is 0 Å². The molecule has 0 N–H and O–H groups in total. The molecule has 1 saturated heterocycles. The van der Waals surface area contributed by atoms with Gasteiger partial charge in [0.05, 0.1) is 15.4 Å². The summed E-state index contributed by atoms with van der Waals surface area (Å²) in [5.41, 5.74) is 0. The number of rotatable bonds is 0. The van der Waals surface area contributed by atoms with E-state index in [4.69, 9.17) is 97.5 Å². The Labute approximate surface area is 149 Å². The summed E-state index contributed by atoms with van der Waals surface area (Å²) in [6, 6.07) is 0. The van der Waals surface area contributed by atoms with Gasteiger partial charge in [-0.15, -0.1) is 34.8 Å². The minimum absolute atomic E-state index is 0.143. The Bertz CT molecular complexity index is 520. The van der Waals surface area contributed by atoms with Gasteiger partial charge in [-0.3, -0.25) is 0 Å². The van der Waals surface area contributed by atoms with Crippen molar-refractivity contribution in [1.29, 1.82) is 0 Å². The first-order chi connectivity index (χ1) is 8.56. The summed E-state index contributed by atoms with van der Waals surface area (Å²) in [5, 5.41) is -1.29. The molecule has 1 aliphatic heterocycles. The maximum absolute atomic E-state index is 6.65. The smallest absolute Gasteiger partial charge is 0.185 e. The zero-order valence-electron chi connectivity index (χ0n) is 8.74. The van der Waals surface area contributed by atoms with E-state index in [1.165, 1.54) is 0 Å². The average molecular weight is 434 g/mol. The number of halogens is 8. The van der Waals surface area contributed by atoms with E-state index in [-0.39, 0.29) is 22.1 Å². The summed E-state index contributed by atoms with van der Waals surface area (Å²) in [4.78, 5) is -2.70. The third-order valence-corrected chi connectivity index (χ3v) is 10.2. The first-order valence-electron chi connectivity index (χ1n) is 5.39. The van der Waals surface area contributed by atoms with E-state index in [0.29, 0.717) is 0 Å². The predicted octanol–water partition coefficient (Wildman–Crippen LogP) is 5.02. The molecule has 2 saturated carbocycles. The standard InChI is InChI=1S/C10H4Cl8O/c11-3-1-2(6-9(3,16)19-6)8(15)5(13)4(12)7(1,14)10(8,17)18/h1-3,6H/t1-,2+,3+,6-,7+,8-,9+/m0/s1/i1+1,2+1,3+1,4+1,5+1,6+1,7+1,8+1,9+1,10+1. The number of epoxide rings is 1. The summed E-state index contributed by atoms with van der Waals surface area (Å²) in [5.74, 6) is -0.786. The third kappa shape index (κ3) is 1.16. The molecule has 4 rings (SSSR count). The molecule has 1 heterocycles. The summed E-state index contributed by atoms with van der Waals surface area (Å²) >= 11 is 51.3. The summed E-state index contributed by atoms with van der Waals surface area (Å²) in [7, 11) is 0. The summed E-state index contributed by atoms with van der Waals surface area (Å²) < 4.78 is 3.88. The first kappa shape index (κ1) is 14.6. The largest absolute Gasteiger partial charge is 0.347 e. The molecule has 9 heteroatoms. The van der Waals surface area contributed by atoms with Gasteiger partial charge >= 0.3 is 0 Å². The van der Waals surface area contributed by atoms with Gasteiger partial charge in [-0.2, -0.15) is 0 Å². The lowest BCUT2D eigenvalue weighted by molar-refractivity contribution is 0.194. The van der Waals surface area contributed by atoms with Crippen LogP contribution in [0.15, 0.2) is 10.1 Å². The lowest BCUT2D eigenvalue weighted by Crippen LogP contribution is -2.47. The fourth-order valence-corrected chi connectivity index (χ4v) is 7.80. The van der Waals surface area contributed by atoms with Gasteiger partial charge in [0.1, 0.15) is 15.9 Å². The molecule has 19 heavy (non-hydrogen) atoms. The van der Waals surface area contributed by atoms with Crippen molar-refractivity contribution in [2.24, 2.45) is 11.8 Å². The van der Waals surface area contributed by atoms with Gasteiger partial charge in [0.15, 0.2) is 9.39 Å². The maximum atomic E-state index is 6.65. The molecule has 1 nitrogen and oxygen atoms in total. The Morgan fingerprint density at radius 3 is 1.84 bits per heavy atom. The lowest BCUT2D eigenvalue weighted by atomic mass is 10.8. The highest BCUT2D eigenvalue weighted by molar-refractivity contribution is 6.66. The average Bonchev–Trinajstić information content (AvgIpc) is 2.90. The number of allylic oxidation sites excluding steroid dienone is 2. The monoisotopic (exact) mass is 430 g/mol. The van der Waals surface area contributed by atoms with Crippen LogP contribution in [0.2, 0.25) is 0 Å². The molecule has 3 aliphatic carbocycles. The van der Waals surface area contributed by atoms with E-state index in [1.807, 2.05) is 0 Å². The minimum atomic E-state index is -1.58. The van der Waals surface area contributed by atoms with Crippen LogP contribution >= 0.6 is 92.8 Å². The summed E-state index contributed by atoms with van der Waals surface area (Å²) in [6.45, 7) is 0. The highest BCUT2D eigenvalue weighted by Gasteiger charge is 2.92. The topological polar surface area (TPSA) is 12.5 Å². The Morgan fingerprint density at radius 1 is 0.842 bits per heavy atom. The van der Waals surface area contributed by atoms with Crippen molar-refractivity contribution in [2.75, 3.05) is 0 Å². The molecule has 7 atom stereocenters. The predicted molar refractivity (Wildman–Crippen MR) is 80.4 cm³/mol. The van der Waals surface area contributed by atoms with Crippen molar-refractivity contribution in [3.63, 3.8) is 0 Å². The zero-order valence-corrected chi connectivity index (χ0v) is 14.8. The Balaban J connectivity index is 2.00. The van der Waals surface area contributed by atoms with Crippen molar-refractivity contribution in [2.45, 2.75) is 30.6 Å². The van der Waals surface area contributed by atoms with E-state index in [1.54, 1.807) is 0 Å². The first-order valence-corrected chi connectivity index (χ1v) is 8.47. The van der Waals surface area contributed by atoms with Crippen LogP contribution in [-0.2, 0) is 4.74 Å². The molecule has 0 aromatic heterocycles. The molecule has 0 unspecified atom stereocenters. The van der Waals surface area contributed by atoms with Crippen LogP contribution in [0.25, 0.3) is 0 Å². The molecule has 0 aromatic rings. The molecule has 4 aliphatic rings. The normalized spacial score (nSPS) is 64.4. The lowest BCUT2D eigenvalue weighted by Gasteiger charge is -2.35. The Hall–Kier alpha value is 2.02. The number of fused-ring (bicyclic) bond motifs is 7. The van der Waals surface area contributed by atoms with Crippen molar-refractivity contribution >= 4 is 92.8 Å². The molecule has 3 fully saturated rings. The van der Waals surface area contributed by atoms with E-state index in [2.05, 4.69) is 0 Å². The maximum Gasteiger partial charge on any atom is 0.185 e. The molecule has 106 valence electrons. The van der Waals surface area contributed by atoms with Gasteiger partial charge in [-0.1, -0.05) is 58.0 Å². The summed E-state index contributed by atoms with van der Waals surface area (Å²) in [6.07, 6.45) is -0.379. The second-order valence-electron chi connectivity index (χ2n) is 5.32. The third-order valence-electron chi connectivity index (χ3n) is 4.71. The van der Waals surface area contributed by atoms with Crippen LogP contribution in [0.4, 0.5) is 0 Å². The molecule has 2 bridgehead atoms. The van der Waals surface area contributed by atoms with Crippen molar-refractivity contribution in [1.82, 2.24) is 0 Å². The number of alkyl halides is 6. The van der Waals surface area contributed by atoms with E-state index in [9.17, 15) is 0 Å². The van der Waals surface area contributed by atoms with E-state index in [0.717, 1.165) is 0 Å². The van der Waals surface area contributed by atoms with E-state index < -0.39 is 30.4 Å². The van der Waals surface area contributed by atoms with Crippen LogP contribution in [0, 0.1) is 11.8 Å². The minimum Gasteiger partial charge on any atom is -0.347 e. The molecular weight excluding hydrogens is 430 g/mol. The van der Waals surface area contributed by atoms with Crippen molar-refractivity contribution in [3.8, 4) is 0 Å². The molecule has 0 amide bonds. The fraction of sp³-hybridized carbons (Fsp3) is 0.800. The SMILES string of the molecule is Cl[13C]1=[13C](Cl)[13C@]2(Cl)[13C@H]3[13C@H]([13C@@H]4O[13C@]4(Cl)[13C@@H]3Cl)[13C@@]1(Cl)[13C]2(Cl)Cl. The second-order valence-corrected chi connectivity index (χ2v) is 9.65. The second kappa shape index (κ2) is 3.57. The highest BCUT2D eigenvalue weighted by atomic mass is 35.5. The molecule has 0 aromatic carbocycles. The van der Waals surface area contributed by atoms with Gasteiger partial charge in [0.25, 0.3) is 0 Å². The van der Waals surface area contributed by atoms with Crippen molar-refractivity contribution < 1.29 is 4.74 Å². The fourth-order valence-electron chi connectivity index (χ4n) is 3.79. The van der Waals surface area contributed by atoms with Crippen LogP contribution in [-0.4, -0.2) is 30.6 Å². The Kier molecular flexibility index (Phi) is 2.75. The van der Waals surface area contributed by atoms with Gasteiger partial charge < -0.3 is 4.74 Å². The number of ether oxygens (including phenoxy) is 1. The van der Waals surface area contributed by atoms with E-state index >= 15 is 0 Å². The zero-order chi connectivity index (χ0) is 14.2. The highest BCUT2D eigenvalue weighted by Crippen LogP contribution is 2.83. The van der Waals surface area contributed by atoms with Gasteiger partial charge in [-0.05, 0) is 0 Å². The van der Waals surface area contributed by atoms with Gasteiger partial charge in [0, 0.05) is 11.8 Å². The van der Waals surface area contributed by atoms with Gasteiger partial charge in [-0.25, -0.2) is 0 Å². The quantitative estimate of drug-likeness (QED) is 0.297. The van der Waals surface area contributed by atoms with Crippen LogP contribution in [0.3, 0.4) is 0 Å². The van der Waals surface area contributed by atoms with Crippen LogP contribution in [0.5, 0.6) is 0 Å². The van der Waals surface area contributed by atoms with Crippen LogP contribution in [0.1, 0.15) is 0 Å². The number of hydrogen-bond acceptors (Lipinski definition) is 1. The van der Waals surface area contributed by atoms with Crippen molar-refractivity contribution in [3.05, 3.63) is 10.1 Å². The number of hydrogen-bond donors (Lipinski definition) is 0.